The molecule has 0 fully saturated rings. The van der Waals surface area contributed by atoms with Crippen LogP contribution in [0.5, 0.6) is 0 Å². The summed E-state index contributed by atoms with van der Waals surface area (Å²) in [5, 5.41) is 7.14. The van der Waals surface area contributed by atoms with Crippen LogP contribution in [-0.2, 0) is 4.79 Å². The lowest BCUT2D eigenvalue weighted by Crippen LogP contribution is -2.32. The van der Waals surface area contributed by atoms with Gasteiger partial charge in [0.25, 0.3) is 0 Å². The molecule has 2 unspecified atom stereocenters. The minimum atomic E-state index is -0.279. The Labute approximate surface area is 163 Å². The third kappa shape index (κ3) is 5.92. The Bertz CT molecular complexity index is 687. The lowest BCUT2D eigenvalue weighted by Gasteiger charge is -2.20. The van der Waals surface area contributed by atoms with Crippen molar-refractivity contribution in [3.8, 4) is 11.4 Å². The van der Waals surface area contributed by atoms with E-state index in [-0.39, 0.29) is 17.9 Å². The highest BCUT2D eigenvalue weighted by atomic mass is 79.9. The summed E-state index contributed by atoms with van der Waals surface area (Å²) in [4.78, 5) is 16.8. The van der Waals surface area contributed by atoms with Crippen LogP contribution in [0.4, 0.5) is 0 Å². The number of hydrogen-bond acceptors (Lipinski definition) is 5. The van der Waals surface area contributed by atoms with Crippen LogP contribution >= 0.6 is 15.9 Å². The van der Waals surface area contributed by atoms with Crippen molar-refractivity contribution in [1.29, 1.82) is 0 Å². The van der Waals surface area contributed by atoms with E-state index in [9.17, 15) is 4.79 Å². The fourth-order valence-corrected chi connectivity index (χ4v) is 2.88. The van der Waals surface area contributed by atoms with Crippen LogP contribution in [0.2, 0.25) is 0 Å². The number of amides is 1. The molecule has 2 atom stereocenters. The maximum absolute atomic E-state index is 12.3. The van der Waals surface area contributed by atoms with E-state index in [0.29, 0.717) is 24.7 Å². The molecule has 3 N–H and O–H groups in total. The van der Waals surface area contributed by atoms with Gasteiger partial charge in [0.05, 0.1) is 0 Å². The number of aromatic nitrogens is 2. The van der Waals surface area contributed by atoms with Crippen LogP contribution in [0, 0.1) is 5.92 Å². The summed E-state index contributed by atoms with van der Waals surface area (Å²) in [6.07, 6.45) is 4.13. The Hall–Kier alpha value is -1.73. The van der Waals surface area contributed by atoms with Crippen LogP contribution in [0.15, 0.2) is 33.3 Å². The lowest BCUT2D eigenvalue weighted by molar-refractivity contribution is -0.122. The lowest BCUT2D eigenvalue weighted by atomic mass is 9.98. The molecule has 26 heavy (non-hydrogen) atoms. The maximum Gasteiger partial charge on any atom is 0.249 e. The molecule has 1 amide bonds. The first-order valence-corrected chi connectivity index (χ1v) is 9.93. The number of rotatable bonds is 10. The topological polar surface area (TPSA) is 94.0 Å². The maximum atomic E-state index is 12.3. The molecule has 1 heterocycles. The van der Waals surface area contributed by atoms with Gasteiger partial charge in [-0.1, -0.05) is 47.8 Å². The number of unbranched alkanes of at least 4 members (excludes halogenated alkanes) is 2. The van der Waals surface area contributed by atoms with E-state index < -0.39 is 0 Å². The molecule has 0 aliphatic heterocycles. The third-order valence-corrected chi connectivity index (χ3v) is 4.98. The molecule has 7 heteroatoms. The van der Waals surface area contributed by atoms with E-state index in [1.807, 2.05) is 24.3 Å². The van der Waals surface area contributed by atoms with Crippen LogP contribution in [0.1, 0.15) is 57.9 Å². The second kappa shape index (κ2) is 10.4. The molecule has 142 valence electrons. The van der Waals surface area contributed by atoms with Gasteiger partial charge in [-0.2, -0.15) is 4.98 Å². The number of benzene rings is 1. The second-order valence-corrected chi connectivity index (χ2v) is 7.41. The van der Waals surface area contributed by atoms with Gasteiger partial charge in [0.2, 0.25) is 17.6 Å². The molecule has 0 saturated heterocycles. The minimum Gasteiger partial charge on any atom is -0.344 e. The van der Waals surface area contributed by atoms with Crippen molar-refractivity contribution < 1.29 is 9.32 Å². The number of hydrogen-bond donors (Lipinski definition) is 2. The predicted octanol–water partition coefficient (Wildman–Crippen LogP) is 4.22. The average molecular weight is 423 g/mol. The van der Waals surface area contributed by atoms with Crippen molar-refractivity contribution in [1.82, 2.24) is 15.5 Å². The molecular weight excluding hydrogens is 396 g/mol. The number of nitrogens with one attached hydrogen (secondary N) is 1. The average Bonchev–Trinajstić information content (AvgIpc) is 3.13. The van der Waals surface area contributed by atoms with E-state index in [0.717, 1.165) is 35.7 Å². The number of nitrogens with two attached hydrogens (primary N) is 1. The molecule has 2 aromatic rings. The van der Waals surface area contributed by atoms with Gasteiger partial charge < -0.3 is 15.6 Å². The first-order valence-electron chi connectivity index (χ1n) is 9.14. The quantitative estimate of drug-likeness (QED) is 0.558. The van der Waals surface area contributed by atoms with E-state index in [4.69, 9.17) is 10.3 Å². The third-order valence-electron chi connectivity index (χ3n) is 4.45. The van der Waals surface area contributed by atoms with Crippen LogP contribution in [0.3, 0.4) is 0 Å². The van der Waals surface area contributed by atoms with Gasteiger partial charge in [-0.25, -0.2) is 0 Å². The number of halogens is 1. The van der Waals surface area contributed by atoms with Gasteiger partial charge in [-0.3, -0.25) is 4.79 Å². The van der Waals surface area contributed by atoms with Gasteiger partial charge in [-0.15, -0.1) is 0 Å². The van der Waals surface area contributed by atoms with E-state index in [1.54, 1.807) is 0 Å². The molecule has 2 rings (SSSR count). The number of nitrogens with zero attached hydrogens (tertiary/aromatic N) is 2. The summed E-state index contributed by atoms with van der Waals surface area (Å²) < 4.78 is 6.46. The Morgan fingerprint density at radius 3 is 2.65 bits per heavy atom. The van der Waals surface area contributed by atoms with Crippen LogP contribution in [-0.4, -0.2) is 22.6 Å². The molecule has 0 radical (unpaired) electrons. The monoisotopic (exact) mass is 422 g/mol. The van der Waals surface area contributed by atoms with Crippen molar-refractivity contribution in [2.75, 3.05) is 6.54 Å². The standard InChI is InChI=1S/C19H27BrN4O2/c1-3-13(2)17(22-16(25)7-5-4-6-12-21)19-23-18(24-26-19)14-8-10-15(20)11-9-14/h8-11,13,17H,3-7,12,21H2,1-2H3,(H,22,25). The largest absolute Gasteiger partial charge is 0.344 e. The van der Waals surface area contributed by atoms with Gasteiger partial charge in [0, 0.05) is 16.5 Å². The summed E-state index contributed by atoms with van der Waals surface area (Å²) in [5.74, 6) is 1.18. The number of carbonyl (C=O) groups is 1. The molecule has 6 nitrogen and oxygen atoms in total. The molecule has 1 aromatic heterocycles. The second-order valence-electron chi connectivity index (χ2n) is 6.49. The first-order chi connectivity index (χ1) is 12.5. The highest BCUT2D eigenvalue weighted by molar-refractivity contribution is 9.10. The van der Waals surface area contributed by atoms with Gasteiger partial charge in [0.15, 0.2) is 0 Å². The molecule has 0 bridgehead atoms. The van der Waals surface area contributed by atoms with Gasteiger partial charge >= 0.3 is 0 Å². The minimum absolute atomic E-state index is 0.00992. The zero-order chi connectivity index (χ0) is 18.9. The van der Waals surface area contributed by atoms with E-state index in [1.165, 1.54) is 0 Å². The Morgan fingerprint density at radius 2 is 2.00 bits per heavy atom. The summed E-state index contributed by atoms with van der Waals surface area (Å²) >= 11 is 3.41. The zero-order valence-corrected chi connectivity index (χ0v) is 17.0. The number of carbonyl (C=O) groups excluding carboxylic acids is 1. The van der Waals surface area contributed by atoms with Gasteiger partial charge in [-0.05, 0) is 49.6 Å². The molecule has 1 aromatic carbocycles. The summed E-state index contributed by atoms with van der Waals surface area (Å²) in [7, 11) is 0. The smallest absolute Gasteiger partial charge is 0.249 e. The predicted molar refractivity (Wildman–Crippen MR) is 105 cm³/mol. The van der Waals surface area contributed by atoms with E-state index in [2.05, 4.69) is 45.2 Å². The van der Waals surface area contributed by atoms with Crippen molar-refractivity contribution in [3.05, 3.63) is 34.6 Å². The van der Waals surface area contributed by atoms with Crippen molar-refractivity contribution in [2.24, 2.45) is 11.7 Å². The highest BCUT2D eigenvalue weighted by Crippen LogP contribution is 2.26. The molecular formula is C19H27BrN4O2. The summed E-state index contributed by atoms with van der Waals surface area (Å²) in [6, 6.07) is 7.43. The SMILES string of the molecule is CCC(C)C(NC(=O)CCCCCN)c1nc(-c2ccc(Br)cc2)no1. The molecule has 0 saturated carbocycles. The Morgan fingerprint density at radius 1 is 1.27 bits per heavy atom. The summed E-state index contributed by atoms with van der Waals surface area (Å²) in [6.45, 7) is 4.82. The molecule has 0 spiro atoms. The fourth-order valence-electron chi connectivity index (χ4n) is 2.61. The van der Waals surface area contributed by atoms with Crippen LogP contribution < -0.4 is 11.1 Å². The molecule has 0 aliphatic carbocycles. The Kier molecular flexibility index (Phi) is 8.25. The first kappa shape index (κ1) is 20.6. The van der Waals surface area contributed by atoms with Crippen molar-refractivity contribution in [3.63, 3.8) is 0 Å². The van der Waals surface area contributed by atoms with Crippen LogP contribution in [0.25, 0.3) is 11.4 Å². The summed E-state index contributed by atoms with van der Waals surface area (Å²) in [5.41, 5.74) is 6.36. The van der Waals surface area contributed by atoms with Gasteiger partial charge in [0.1, 0.15) is 6.04 Å². The molecule has 0 aliphatic rings. The van der Waals surface area contributed by atoms with E-state index >= 15 is 0 Å². The fraction of sp³-hybridized carbons (Fsp3) is 0.526. The Balaban J connectivity index is 2.07. The van der Waals surface area contributed by atoms with Crippen molar-refractivity contribution >= 4 is 21.8 Å². The zero-order valence-electron chi connectivity index (χ0n) is 15.4. The normalized spacial score (nSPS) is 13.4. The van der Waals surface area contributed by atoms with Crippen molar-refractivity contribution in [2.45, 2.75) is 52.0 Å². The highest BCUT2D eigenvalue weighted by Gasteiger charge is 2.26.